The first-order valence-corrected chi connectivity index (χ1v) is 15.0. The third kappa shape index (κ3) is 7.72. The predicted molar refractivity (Wildman–Crippen MR) is 161 cm³/mol. The van der Waals surface area contributed by atoms with Crippen LogP contribution in [0.25, 0.3) is 0 Å². The van der Waals surface area contributed by atoms with Gasteiger partial charge in [-0.15, -0.1) is 0 Å². The van der Waals surface area contributed by atoms with Crippen LogP contribution in [0, 0.1) is 20.8 Å². The molecule has 0 spiro atoms. The lowest BCUT2D eigenvalue weighted by Gasteiger charge is -2.35. The minimum Gasteiger partial charge on any atom is -0.350 e. The van der Waals surface area contributed by atoms with Crippen molar-refractivity contribution in [3.05, 3.63) is 95.1 Å². The van der Waals surface area contributed by atoms with Crippen molar-refractivity contribution in [1.29, 1.82) is 0 Å². The molecule has 0 aliphatic heterocycles. The first-order chi connectivity index (χ1) is 18.7. The van der Waals surface area contributed by atoms with Gasteiger partial charge in [0.05, 0.1) is 10.6 Å². The van der Waals surface area contributed by atoms with E-state index < -0.39 is 34.1 Å². The van der Waals surface area contributed by atoms with E-state index in [9.17, 15) is 18.0 Å². The molecule has 40 heavy (non-hydrogen) atoms. The standard InChI is InChI=1S/C32H41N3O4S/c1-8-28(31(37)33-32(5,6)7)34(21-26-12-10-9-11-13-26)30(36)22-35(29-20-24(3)14-17-25(29)4)40(38,39)27-18-15-23(2)16-19-27/h9-20,28H,8,21-22H2,1-7H3,(H,33,37)/t28-/m0/s1. The number of rotatable bonds is 10. The normalized spacial score (nSPS) is 12.5. The molecule has 0 saturated carbocycles. The van der Waals surface area contributed by atoms with Gasteiger partial charge in [-0.1, -0.05) is 67.1 Å². The van der Waals surface area contributed by atoms with Crippen molar-refractivity contribution in [3.8, 4) is 0 Å². The van der Waals surface area contributed by atoms with Crippen LogP contribution in [-0.4, -0.2) is 43.3 Å². The van der Waals surface area contributed by atoms with Crippen LogP contribution in [0.5, 0.6) is 0 Å². The lowest BCUT2D eigenvalue weighted by atomic mass is 10.1. The van der Waals surface area contributed by atoms with Gasteiger partial charge < -0.3 is 10.2 Å². The number of carbonyl (C=O) groups excluding carboxylic acids is 2. The van der Waals surface area contributed by atoms with E-state index in [0.717, 1.165) is 22.3 Å². The summed E-state index contributed by atoms with van der Waals surface area (Å²) >= 11 is 0. The van der Waals surface area contributed by atoms with Crippen LogP contribution >= 0.6 is 0 Å². The zero-order valence-electron chi connectivity index (χ0n) is 24.6. The molecule has 1 atom stereocenters. The fourth-order valence-electron chi connectivity index (χ4n) is 4.49. The number of carbonyl (C=O) groups is 2. The van der Waals surface area contributed by atoms with Crippen molar-refractivity contribution < 1.29 is 18.0 Å². The van der Waals surface area contributed by atoms with Crippen molar-refractivity contribution in [2.75, 3.05) is 10.8 Å². The third-order valence-electron chi connectivity index (χ3n) is 6.60. The zero-order valence-corrected chi connectivity index (χ0v) is 25.4. The number of hydrogen-bond acceptors (Lipinski definition) is 4. The summed E-state index contributed by atoms with van der Waals surface area (Å²) in [6.07, 6.45) is 0.370. The highest BCUT2D eigenvalue weighted by molar-refractivity contribution is 7.92. The summed E-state index contributed by atoms with van der Waals surface area (Å²) in [6.45, 7) is 12.8. The number of sulfonamides is 1. The van der Waals surface area contributed by atoms with E-state index in [2.05, 4.69) is 5.32 Å². The fourth-order valence-corrected chi connectivity index (χ4v) is 5.96. The first-order valence-electron chi connectivity index (χ1n) is 13.5. The van der Waals surface area contributed by atoms with Gasteiger partial charge in [-0.05, 0) is 82.9 Å². The molecule has 0 fully saturated rings. The summed E-state index contributed by atoms with van der Waals surface area (Å²) in [4.78, 5) is 29.2. The molecule has 2 amide bonds. The predicted octanol–water partition coefficient (Wildman–Crippen LogP) is 5.53. The van der Waals surface area contributed by atoms with Gasteiger partial charge in [-0.2, -0.15) is 0 Å². The average molecular weight is 564 g/mol. The lowest BCUT2D eigenvalue weighted by Crippen LogP contribution is -2.55. The third-order valence-corrected chi connectivity index (χ3v) is 8.37. The van der Waals surface area contributed by atoms with Crippen LogP contribution in [0.15, 0.2) is 77.7 Å². The highest BCUT2D eigenvalue weighted by Gasteiger charge is 2.35. The fraction of sp³-hybridized carbons (Fsp3) is 0.375. The van der Waals surface area contributed by atoms with E-state index in [1.807, 2.05) is 90.9 Å². The van der Waals surface area contributed by atoms with Crippen LogP contribution in [0.3, 0.4) is 0 Å². The summed E-state index contributed by atoms with van der Waals surface area (Å²) in [7, 11) is -4.11. The molecule has 0 unspecified atom stereocenters. The molecule has 0 saturated heterocycles. The maximum atomic E-state index is 14.2. The number of aryl methyl sites for hydroxylation is 3. The average Bonchev–Trinajstić information content (AvgIpc) is 2.88. The number of amides is 2. The molecule has 0 heterocycles. The Bertz CT molecular complexity index is 1430. The molecule has 0 aliphatic rings. The van der Waals surface area contributed by atoms with Crippen molar-refractivity contribution >= 4 is 27.5 Å². The van der Waals surface area contributed by atoms with Gasteiger partial charge in [-0.25, -0.2) is 8.42 Å². The minimum atomic E-state index is -4.11. The summed E-state index contributed by atoms with van der Waals surface area (Å²) in [5, 5.41) is 2.99. The maximum absolute atomic E-state index is 14.2. The monoisotopic (exact) mass is 563 g/mol. The van der Waals surface area contributed by atoms with Crippen LogP contribution in [-0.2, 0) is 26.2 Å². The van der Waals surface area contributed by atoms with Gasteiger partial charge in [0.15, 0.2) is 0 Å². The van der Waals surface area contributed by atoms with E-state index >= 15 is 0 Å². The molecular formula is C32H41N3O4S. The molecule has 1 N–H and O–H groups in total. The number of nitrogens with one attached hydrogen (secondary N) is 1. The molecular weight excluding hydrogens is 522 g/mol. The van der Waals surface area contributed by atoms with Crippen LogP contribution < -0.4 is 9.62 Å². The van der Waals surface area contributed by atoms with Crippen LogP contribution in [0.1, 0.15) is 56.4 Å². The lowest BCUT2D eigenvalue weighted by molar-refractivity contribution is -0.141. The van der Waals surface area contributed by atoms with Gasteiger partial charge in [0.2, 0.25) is 11.8 Å². The summed E-state index contributed by atoms with van der Waals surface area (Å²) in [5.41, 5.74) is 3.30. The summed E-state index contributed by atoms with van der Waals surface area (Å²) in [5.74, 6) is -0.740. The Hall–Kier alpha value is -3.65. The molecule has 3 aromatic rings. The van der Waals surface area contributed by atoms with E-state index in [4.69, 9.17) is 0 Å². The van der Waals surface area contributed by atoms with Crippen molar-refractivity contribution in [1.82, 2.24) is 10.2 Å². The first kappa shape index (κ1) is 30.9. The zero-order chi connectivity index (χ0) is 29.7. The summed E-state index contributed by atoms with van der Waals surface area (Å²) in [6, 6.07) is 20.7. The summed E-state index contributed by atoms with van der Waals surface area (Å²) < 4.78 is 29.3. The van der Waals surface area contributed by atoms with E-state index in [1.165, 1.54) is 9.21 Å². The van der Waals surface area contributed by atoms with Gasteiger partial charge in [0.25, 0.3) is 10.0 Å². The molecule has 8 heteroatoms. The van der Waals surface area contributed by atoms with Crippen molar-refractivity contribution in [2.24, 2.45) is 0 Å². The highest BCUT2D eigenvalue weighted by atomic mass is 32.2. The van der Waals surface area contributed by atoms with E-state index in [1.54, 1.807) is 30.3 Å². The Labute approximate surface area is 239 Å². The van der Waals surface area contributed by atoms with Gasteiger partial charge in [0, 0.05) is 12.1 Å². The van der Waals surface area contributed by atoms with Gasteiger partial charge in [-0.3, -0.25) is 13.9 Å². The SMILES string of the molecule is CC[C@@H](C(=O)NC(C)(C)C)N(Cc1ccccc1)C(=O)CN(c1cc(C)ccc1C)S(=O)(=O)c1ccc(C)cc1. The Morgan fingerprint density at radius 3 is 2.05 bits per heavy atom. The Balaban J connectivity index is 2.10. The Morgan fingerprint density at radius 1 is 0.875 bits per heavy atom. The second-order valence-corrected chi connectivity index (χ2v) is 13.1. The molecule has 214 valence electrons. The highest BCUT2D eigenvalue weighted by Crippen LogP contribution is 2.29. The van der Waals surface area contributed by atoms with Gasteiger partial charge in [0.1, 0.15) is 12.6 Å². The number of anilines is 1. The number of hydrogen-bond donors (Lipinski definition) is 1. The van der Waals surface area contributed by atoms with Gasteiger partial charge >= 0.3 is 0 Å². The Morgan fingerprint density at radius 2 is 1.48 bits per heavy atom. The second kappa shape index (κ2) is 12.7. The van der Waals surface area contributed by atoms with Crippen molar-refractivity contribution in [3.63, 3.8) is 0 Å². The van der Waals surface area contributed by atoms with Crippen molar-refractivity contribution in [2.45, 2.75) is 77.9 Å². The molecule has 0 bridgehead atoms. The second-order valence-electron chi connectivity index (χ2n) is 11.3. The van der Waals surface area contributed by atoms with Crippen LogP contribution in [0.4, 0.5) is 5.69 Å². The maximum Gasteiger partial charge on any atom is 0.264 e. The molecule has 3 rings (SSSR count). The molecule has 3 aromatic carbocycles. The molecule has 0 aliphatic carbocycles. The minimum absolute atomic E-state index is 0.0962. The topological polar surface area (TPSA) is 86.8 Å². The largest absolute Gasteiger partial charge is 0.350 e. The molecule has 7 nitrogen and oxygen atoms in total. The van der Waals surface area contributed by atoms with Crippen LogP contribution in [0.2, 0.25) is 0 Å². The van der Waals surface area contributed by atoms with E-state index in [0.29, 0.717) is 12.1 Å². The molecule has 0 radical (unpaired) electrons. The van der Waals surface area contributed by atoms with E-state index in [-0.39, 0.29) is 17.3 Å². The smallest absolute Gasteiger partial charge is 0.264 e. The number of benzene rings is 3. The Kier molecular flexibility index (Phi) is 9.79. The number of nitrogens with zero attached hydrogens (tertiary/aromatic N) is 2. The molecule has 0 aromatic heterocycles. The quantitative estimate of drug-likeness (QED) is 0.352.